The minimum Gasteiger partial charge on any atom is -0.396 e. The number of nitrogens with zero attached hydrogens (tertiary/aromatic N) is 1. The second kappa shape index (κ2) is 5.73. The van der Waals surface area contributed by atoms with Gasteiger partial charge in [0, 0.05) is 12.1 Å². The number of terminal acetylenes is 1. The van der Waals surface area contributed by atoms with Crippen molar-refractivity contribution in [3.63, 3.8) is 0 Å². The second-order valence-electron chi connectivity index (χ2n) is 4.69. The lowest BCUT2D eigenvalue weighted by Crippen LogP contribution is -2.33. The maximum Gasteiger partial charge on any atom is 0.254 e. The fraction of sp³-hybridized carbons (Fsp3) is 0.357. The number of hydrogen-bond donors (Lipinski definition) is 1. The van der Waals surface area contributed by atoms with E-state index in [4.69, 9.17) is 35.4 Å². The van der Waals surface area contributed by atoms with Crippen molar-refractivity contribution >= 4 is 34.8 Å². The van der Waals surface area contributed by atoms with E-state index in [-0.39, 0.29) is 28.2 Å². The van der Waals surface area contributed by atoms with Gasteiger partial charge in [0.05, 0.1) is 22.3 Å². The molecule has 1 amide bonds. The summed E-state index contributed by atoms with van der Waals surface area (Å²) < 4.78 is 0. The first-order valence-electron chi connectivity index (χ1n) is 6.00. The summed E-state index contributed by atoms with van der Waals surface area (Å²) in [6, 6.07) is 3.06. The van der Waals surface area contributed by atoms with Gasteiger partial charge in [-0.2, -0.15) is 0 Å². The van der Waals surface area contributed by atoms with E-state index in [1.807, 2.05) is 0 Å². The van der Waals surface area contributed by atoms with Gasteiger partial charge in [-0.3, -0.25) is 4.79 Å². The number of anilines is 1. The van der Waals surface area contributed by atoms with Gasteiger partial charge >= 0.3 is 0 Å². The first-order valence-corrected chi connectivity index (χ1v) is 6.75. The third kappa shape index (κ3) is 3.34. The van der Waals surface area contributed by atoms with E-state index >= 15 is 0 Å². The maximum atomic E-state index is 12.4. The quantitative estimate of drug-likeness (QED) is 0.686. The van der Waals surface area contributed by atoms with E-state index in [9.17, 15) is 4.79 Å². The number of carbonyl (C=O) groups excluding carboxylic acids is 1. The Hall–Kier alpha value is -1.37. The van der Waals surface area contributed by atoms with Crippen molar-refractivity contribution in [2.45, 2.75) is 12.8 Å². The number of hydrogen-bond acceptors (Lipinski definition) is 2. The first-order chi connectivity index (χ1) is 9.02. The van der Waals surface area contributed by atoms with E-state index in [0.29, 0.717) is 18.0 Å². The lowest BCUT2D eigenvalue weighted by molar-refractivity contribution is 0.0770. The fourth-order valence-electron chi connectivity index (χ4n) is 1.83. The van der Waals surface area contributed by atoms with Gasteiger partial charge in [0.15, 0.2) is 0 Å². The molecule has 1 aromatic rings. The standard InChI is InChI=1S/C14H14Cl2N2O/c1-2-5-18(8-9-3-4-9)14(19)10-6-11(15)13(17)12(16)7-10/h1,6-7,9H,3-5,8,17H2. The maximum absolute atomic E-state index is 12.4. The Bertz CT molecular complexity index is 524. The van der Waals surface area contributed by atoms with Gasteiger partial charge in [-0.15, -0.1) is 6.42 Å². The summed E-state index contributed by atoms with van der Waals surface area (Å²) in [6.45, 7) is 0.970. The molecule has 0 aromatic heterocycles. The van der Waals surface area contributed by atoms with Crippen LogP contribution in [0.1, 0.15) is 23.2 Å². The average Bonchev–Trinajstić information content (AvgIpc) is 3.18. The topological polar surface area (TPSA) is 46.3 Å². The van der Waals surface area contributed by atoms with Crippen molar-refractivity contribution in [1.82, 2.24) is 4.90 Å². The summed E-state index contributed by atoms with van der Waals surface area (Å²) in [5.41, 5.74) is 6.35. The van der Waals surface area contributed by atoms with E-state index in [1.165, 1.54) is 12.1 Å². The van der Waals surface area contributed by atoms with Crippen molar-refractivity contribution in [2.24, 2.45) is 5.92 Å². The molecule has 0 spiro atoms. The molecule has 100 valence electrons. The third-order valence-corrected chi connectivity index (χ3v) is 3.70. The number of carbonyl (C=O) groups is 1. The Morgan fingerprint density at radius 3 is 2.47 bits per heavy atom. The molecular weight excluding hydrogens is 283 g/mol. The van der Waals surface area contributed by atoms with Crippen LogP contribution in [0.5, 0.6) is 0 Å². The zero-order valence-corrected chi connectivity index (χ0v) is 11.8. The number of nitrogen functional groups attached to an aromatic ring is 1. The van der Waals surface area contributed by atoms with Gasteiger partial charge in [-0.05, 0) is 30.9 Å². The smallest absolute Gasteiger partial charge is 0.254 e. The van der Waals surface area contributed by atoms with Gasteiger partial charge in [-0.1, -0.05) is 29.1 Å². The van der Waals surface area contributed by atoms with Crippen LogP contribution in [0.15, 0.2) is 12.1 Å². The SMILES string of the molecule is C#CCN(CC1CC1)C(=O)c1cc(Cl)c(N)c(Cl)c1. The second-order valence-corrected chi connectivity index (χ2v) is 5.50. The molecule has 0 unspecified atom stereocenters. The lowest BCUT2D eigenvalue weighted by atomic mass is 10.1. The molecule has 1 fully saturated rings. The van der Waals surface area contributed by atoms with Crippen LogP contribution in [-0.4, -0.2) is 23.9 Å². The number of amides is 1. The van der Waals surface area contributed by atoms with E-state index in [2.05, 4.69) is 5.92 Å². The highest BCUT2D eigenvalue weighted by Gasteiger charge is 2.27. The van der Waals surface area contributed by atoms with Gasteiger partial charge in [0.1, 0.15) is 0 Å². The summed E-state index contributed by atoms with van der Waals surface area (Å²) >= 11 is 11.9. The van der Waals surface area contributed by atoms with E-state index in [1.54, 1.807) is 4.90 Å². The average molecular weight is 297 g/mol. The van der Waals surface area contributed by atoms with Crippen LogP contribution < -0.4 is 5.73 Å². The molecular formula is C14H14Cl2N2O. The molecule has 1 aliphatic rings. The van der Waals surface area contributed by atoms with Gasteiger partial charge in [0.2, 0.25) is 0 Å². The Morgan fingerprint density at radius 2 is 2.00 bits per heavy atom. The lowest BCUT2D eigenvalue weighted by Gasteiger charge is -2.20. The van der Waals surface area contributed by atoms with E-state index in [0.717, 1.165) is 12.8 Å². The Kier molecular flexibility index (Phi) is 4.24. The van der Waals surface area contributed by atoms with Crippen molar-refractivity contribution in [3.8, 4) is 12.3 Å². The molecule has 0 radical (unpaired) electrons. The Morgan fingerprint density at radius 1 is 1.42 bits per heavy atom. The van der Waals surface area contributed by atoms with Crippen molar-refractivity contribution in [2.75, 3.05) is 18.8 Å². The number of benzene rings is 1. The Labute approximate surface area is 122 Å². The third-order valence-electron chi connectivity index (χ3n) is 3.07. The van der Waals surface area contributed by atoms with Crippen LogP contribution in [-0.2, 0) is 0 Å². The molecule has 2 N–H and O–H groups in total. The van der Waals surface area contributed by atoms with Crippen LogP contribution in [0.4, 0.5) is 5.69 Å². The summed E-state index contributed by atoms with van der Waals surface area (Å²) in [6.07, 6.45) is 7.61. The predicted molar refractivity (Wildman–Crippen MR) is 78.3 cm³/mol. The Balaban J connectivity index is 2.23. The highest BCUT2D eigenvalue weighted by Crippen LogP contribution is 2.32. The zero-order valence-electron chi connectivity index (χ0n) is 10.3. The van der Waals surface area contributed by atoms with Crippen LogP contribution in [0, 0.1) is 18.3 Å². The highest BCUT2D eigenvalue weighted by atomic mass is 35.5. The molecule has 0 saturated heterocycles. The molecule has 0 aliphatic heterocycles. The largest absolute Gasteiger partial charge is 0.396 e. The van der Waals surface area contributed by atoms with Crippen LogP contribution in [0.2, 0.25) is 10.0 Å². The molecule has 0 bridgehead atoms. The monoisotopic (exact) mass is 296 g/mol. The minimum absolute atomic E-state index is 0.159. The van der Waals surface area contributed by atoms with Gasteiger partial charge in [-0.25, -0.2) is 0 Å². The molecule has 2 rings (SSSR count). The van der Waals surface area contributed by atoms with E-state index < -0.39 is 0 Å². The van der Waals surface area contributed by atoms with Crippen LogP contribution in [0.25, 0.3) is 0 Å². The van der Waals surface area contributed by atoms with Crippen molar-refractivity contribution in [3.05, 3.63) is 27.7 Å². The summed E-state index contributed by atoms with van der Waals surface area (Å²) in [7, 11) is 0. The fourth-order valence-corrected chi connectivity index (χ4v) is 2.32. The minimum atomic E-state index is -0.159. The summed E-state index contributed by atoms with van der Waals surface area (Å²) in [5.74, 6) is 2.91. The number of nitrogens with two attached hydrogens (primary N) is 1. The molecule has 19 heavy (non-hydrogen) atoms. The molecule has 0 atom stereocenters. The first kappa shape index (κ1) is 14.0. The molecule has 1 saturated carbocycles. The van der Waals surface area contributed by atoms with Crippen LogP contribution >= 0.6 is 23.2 Å². The predicted octanol–water partition coefficient (Wildman–Crippen LogP) is 3.06. The number of halogens is 2. The normalized spacial score (nSPS) is 13.9. The van der Waals surface area contributed by atoms with Crippen molar-refractivity contribution in [1.29, 1.82) is 0 Å². The summed E-state index contributed by atoms with van der Waals surface area (Å²) in [4.78, 5) is 14.0. The summed E-state index contributed by atoms with van der Waals surface area (Å²) in [5, 5.41) is 0.561. The molecule has 0 heterocycles. The molecule has 3 nitrogen and oxygen atoms in total. The highest BCUT2D eigenvalue weighted by molar-refractivity contribution is 6.39. The number of rotatable bonds is 4. The van der Waals surface area contributed by atoms with Crippen molar-refractivity contribution < 1.29 is 4.79 Å². The van der Waals surface area contributed by atoms with Gasteiger partial charge < -0.3 is 10.6 Å². The van der Waals surface area contributed by atoms with Crippen LogP contribution in [0.3, 0.4) is 0 Å². The molecule has 1 aromatic carbocycles. The zero-order chi connectivity index (χ0) is 14.0. The molecule has 1 aliphatic carbocycles. The van der Waals surface area contributed by atoms with Gasteiger partial charge in [0.25, 0.3) is 5.91 Å². The molecule has 5 heteroatoms.